The molecule has 0 fully saturated rings. The lowest BCUT2D eigenvalue weighted by Crippen LogP contribution is -2.34. The fourth-order valence-corrected chi connectivity index (χ4v) is 2.04. The van der Waals surface area contributed by atoms with Crippen LogP contribution >= 0.6 is 0 Å². The van der Waals surface area contributed by atoms with Crippen LogP contribution in [0.15, 0.2) is 54.2 Å². The third kappa shape index (κ3) is 4.29. The fraction of sp³-hybridized carbons (Fsp3) is 0.158. The second-order valence-electron chi connectivity index (χ2n) is 5.60. The number of nitrogens with zero attached hydrogens (tertiary/aromatic N) is 1. The van der Waals surface area contributed by atoms with Crippen molar-refractivity contribution in [1.29, 1.82) is 0 Å². The van der Waals surface area contributed by atoms with Crippen molar-refractivity contribution in [2.45, 2.75) is 6.92 Å². The Hall–Kier alpha value is -2.95. The third-order valence-corrected chi connectivity index (χ3v) is 3.40. The van der Waals surface area contributed by atoms with Gasteiger partial charge in [0, 0.05) is 25.2 Å². The molecule has 0 aliphatic carbocycles. The molecule has 5 heteroatoms. The Bertz CT molecular complexity index is 780. The summed E-state index contributed by atoms with van der Waals surface area (Å²) in [5.41, 5.74) is 1.69. The van der Waals surface area contributed by atoms with Crippen molar-refractivity contribution in [3.8, 4) is 0 Å². The van der Waals surface area contributed by atoms with Crippen molar-refractivity contribution in [3.05, 3.63) is 76.7 Å². The highest BCUT2D eigenvalue weighted by Gasteiger charge is 2.16. The van der Waals surface area contributed by atoms with E-state index in [0.717, 1.165) is 5.56 Å². The van der Waals surface area contributed by atoms with Gasteiger partial charge in [0.25, 0.3) is 11.8 Å². The predicted molar refractivity (Wildman–Crippen MR) is 91.7 cm³/mol. The minimum atomic E-state index is -0.467. The van der Waals surface area contributed by atoms with Crippen LogP contribution in [0.2, 0.25) is 0 Å². The predicted octanol–water partition coefficient (Wildman–Crippen LogP) is 2.99. The maximum absolute atomic E-state index is 13.8. The van der Waals surface area contributed by atoms with Crippen LogP contribution in [0.3, 0.4) is 0 Å². The van der Waals surface area contributed by atoms with E-state index in [1.54, 1.807) is 38.4 Å². The lowest BCUT2D eigenvalue weighted by atomic mass is 10.1. The zero-order valence-corrected chi connectivity index (χ0v) is 13.8. The number of carbonyl (C=O) groups excluding carboxylic acids is 2. The highest BCUT2D eigenvalue weighted by molar-refractivity contribution is 6.05. The molecule has 0 atom stereocenters. The zero-order chi connectivity index (χ0) is 17.7. The highest BCUT2D eigenvalue weighted by Crippen LogP contribution is 2.12. The zero-order valence-electron chi connectivity index (χ0n) is 13.8. The van der Waals surface area contributed by atoms with E-state index in [4.69, 9.17) is 0 Å². The summed E-state index contributed by atoms with van der Waals surface area (Å²) < 4.78 is 13.8. The molecule has 1 N–H and O–H groups in total. The molecule has 0 aliphatic rings. The van der Waals surface area contributed by atoms with Crippen molar-refractivity contribution in [3.63, 3.8) is 0 Å². The van der Waals surface area contributed by atoms with Crippen LogP contribution in [0.1, 0.15) is 21.5 Å². The number of hydrogen-bond acceptors (Lipinski definition) is 2. The van der Waals surface area contributed by atoms with Gasteiger partial charge in [-0.2, -0.15) is 0 Å². The minimum absolute atomic E-state index is 0.00988. The minimum Gasteiger partial charge on any atom is -0.344 e. The Labute approximate surface area is 140 Å². The molecule has 0 aromatic heterocycles. The summed E-state index contributed by atoms with van der Waals surface area (Å²) in [5, 5.41) is 2.57. The van der Waals surface area contributed by atoms with Gasteiger partial charge >= 0.3 is 0 Å². The first-order valence-electron chi connectivity index (χ1n) is 7.44. The number of aryl methyl sites for hydroxylation is 1. The molecular weight excluding hydrogens is 307 g/mol. The van der Waals surface area contributed by atoms with Gasteiger partial charge in [0.15, 0.2) is 0 Å². The van der Waals surface area contributed by atoms with Gasteiger partial charge in [0.05, 0.1) is 0 Å². The number of likely N-dealkylation sites (N-methyl/N-ethyl adjacent to an activating group) is 1. The molecule has 0 saturated carbocycles. The van der Waals surface area contributed by atoms with Crippen LogP contribution in [0.5, 0.6) is 0 Å². The monoisotopic (exact) mass is 326 g/mol. The van der Waals surface area contributed by atoms with E-state index in [0.29, 0.717) is 5.56 Å². The van der Waals surface area contributed by atoms with Crippen LogP contribution in [0.25, 0.3) is 6.08 Å². The second kappa shape index (κ2) is 7.55. The molecule has 124 valence electrons. The number of hydrogen-bond donors (Lipinski definition) is 1. The van der Waals surface area contributed by atoms with Crippen LogP contribution in [0.4, 0.5) is 4.39 Å². The molecule has 2 rings (SSSR count). The quantitative estimate of drug-likeness (QED) is 0.878. The van der Waals surface area contributed by atoms with Crippen LogP contribution in [-0.4, -0.2) is 30.8 Å². The van der Waals surface area contributed by atoms with Gasteiger partial charge in [-0.3, -0.25) is 9.59 Å². The van der Waals surface area contributed by atoms with Crippen molar-refractivity contribution in [1.82, 2.24) is 10.2 Å². The summed E-state index contributed by atoms with van der Waals surface area (Å²) in [5.74, 6) is -1.31. The number of halogens is 1. The van der Waals surface area contributed by atoms with Crippen LogP contribution in [-0.2, 0) is 4.79 Å². The lowest BCUT2D eigenvalue weighted by Gasteiger charge is -2.15. The molecule has 0 heterocycles. The van der Waals surface area contributed by atoms with Crippen molar-refractivity contribution >= 4 is 17.9 Å². The third-order valence-electron chi connectivity index (χ3n) is 3.40. The van der Waals surface area contributed by atoms with E-state index < -0.39 is 17.6 Å². The summed E-state index contributed by atoms with van der Waals surface area (Å²) >= 11 is 0. The Morgan fingerprint density at radius 2 is 1.67 bits per heavy atom. The maximum Gasteiger partial charge on any atom is 0.269 e. The van der Waals surface area contributed by atoms with Gasteiger partial charge in [0.1, 0.15) is 11.5 Å². The smallest absolute Gasteiger partial charge is 0.269 e. The molecule has 0 bridgehead atoms. The number of rotatable bonds is 4. The number of benzene rings is 2. The number of carbonyl (C=O) groups is 2. The SMILES string of the molecule is Cc1ccc(C(=O)N/C(=C/c2ccccc2F)C(=O)N(C)C)cc1. The van der Waals surface area contributed by atoms with E-state index in [-0.39, 0.29) is 11.3 Å². The summed E-state index contributed by atoms with van der Waals surface area (Å²) in [6.45, 7) is 1.92. The van der Waals surface area contributed by atoms with Crippen molar-refractivity contribution in [2.75, 3.05) is 14.1 Å². The van der Waals surface area contributed by atoms with Crippen molar-refractivity contribution < 1.29 is 14.0 Å². The summed E-state index contributed by atoms with van der Waals surface area (Å²) in [7, 11) is 3.13. The van der Waals surface area contributed by atoms with E-state index in [2.05, 4.69) is 5.32 Å². The molecule has 2 aromatic carbocycles. The Kier molecular flexibility index (Phi) is 5.47. The van der Waals surface area contributed by atoms with E-state index in [1.807, 2.05) is 19.1 Å². The summed E-state index contributed by atoms with van der Waals surface area (Å²) in [6, 6.07) is 13.0. The molecule has 2 amide bonds. The first-order valence-corrected chi connectivity index (χ1v) is 7.44. The largest absolute Gasteiger partial charge is 0.344 e. The van der Waals surface area contributed by atoms with Gasteiger partial charge in [-0.1, -0.05) is 35.9 Å². The summed E-state index contributed by atoms with van der Waals surface area (Å²) in [6.07, 6.45) is 1.34. The molecular formula is C19H19FN2O2. The lowest BCUT2D eigenvalue weighted by molar-refractivity contribution is -0.124. The van der Waals surface area contributed by atoms with Crippen LogP contribution < -0.4 is 5.32 Å². The molecule has 0 spiro atoms. The average molecular weight is 326 g/mol. The molecule has 0 saturated heterocycles. The molecule has 0 aliphatic heterocycles. The second-order valence-corrected chi connectivity index (χ2v) is 5.60. The number of nitrogens with one attached hydrogen (secondary N) is 1. The van der Waals surface area contributed by atoms with E-state index >= 15 is 0 Å². The first-order chi connectivity index (χ1) is 11.4. The van der Waals surface area contributed by atoms with E-state index in [9.17, 15) is 14.0 Å². The average Bonchev–Trinajstić information content (AvgIpc) is 2.56. The van der Waals surface area contributed by atoms with Gasteiger partial charge in [-0.15, -0.1) is 0 Å². The topological polar surface area (TPSA) is 49.4 Å². The molecule has 2 aromatic rings. The maximum atomic E-state index is 13.8. The Balaban J connectivity index is 2.33. The Morgan fingerprint density at radius 3 is 2.25 bits per heavy atom. The fourth-order valence-electron chi connectivity index (χ4n) is 2.04. The Morgan fingerprint density at radius 1 is 1.04 bits per heavy atom. The van der Waals surface area contributed by atoms with Gasteiger partial charge < -0.3 is 10.2 Å². The van der Waals surface area contributed by atoms with Crippen LogP contribution in [0, 0.1) is 12.7 Å². The molecule has 0 radical (unpaired) electrons. The normalized spacial score (nSPS) is 11.1. The van der Waals surface area contributed by atoms with E-state index in [1.165, 1.54) is 23.1 Å². The van der Waals surface area contributed by atoms with Gasteiger partial charge in [0.2, 0.25) is 0 Å². The van der Waals surface area contributed by atoms with Gasteiger partial charge in [-0.25, -0.2) is 4.39 Å². The molecule has 0 unspecified atom stereocenters. The highest BCUT2D eigenvalue weighted by atomic mass is 19.1. The van der Waals surface area contributed by atoms with Gasteiger partial charge in [-0.05, 0) is 31.2 Å². The number of amides is 2. The molecule has 4 nitrogen and oxygen atoms in total. The molecule has 24 heavy (non-hydrogen) atoms. The van der Waals surface area contributed by atoms with Crippen molar-refractivity contribution in [2.24, 2.45) is 0 Å². The first kappa shape index (κ1) is 17.4. The summed E-state index contributed by atoms with van der Waals surface area (Å²) in [4.78, 5) is 26.0. The standard InChI is InChI=1S/C19H19FN2O2/c1-13-8-10-14(11-9-13)18(23)21-17(19(24)22(2)3)12-15-6-4-5-7-16(15)20/h4-12H,1-3H3,(H,21,23)/b17-12+.